The fraction of sp³-hybridized carbons (Fsp3) is 0.350. The second-order valence-electron chi connectivity index (χ2n) is 6.20. The average Bonchev–Trinajstić information content (AvgIpc) is 2.62. The van der Waals surface area contributed by atoms with Crippen LogP contribution in [0.3, 0.4) is 0 Å². The van der Waals surface area contributed by atoms with Gasteiger partial charge in [-0.15, -0.1) is 0 Å². The second kappa shape index (κ2) is 8.78. The minimum atomic E-state index is -0.295. The third kappa shape index (κ3) is 4.59. The van der Waals surface area contributed by atoms with Gasteiger partial charge in [-0.25, -0.2) is 4.39 Å². The number of hydrogen-bond donors (Lipinski definition) is 2. The molecule has 2 rings (SSSR count). The maximum Gasteiger partial charge on any atom is 0.151 e. The van der Waals surface area contributed by atoms with Crippen molar-refractivity contribution in [3.8, 4) is 11.5 Å². The Hall–Kier alpha value is -2.44. The third-order valence-corrected chi connectivity index (χ3v) is 4.16. The molecule has 26 heavy (non-hydrogen) atoms. The molecule has 1 heterocycles. The Bertz CT molecular complexity index is 951. The van der Waals surface area contributed by atoms with Crippen molar-refractivity contribution in [2.75, 3.05) is 13.3 Å². The zero-order valence-corrected chi connectivity index (χ0v) is 15.7. The number of ether oxygens (including phenoxy) is 1. The van der Waals surface area contributed by atoms with Gasteiger partial charge >= 0.3 is 0 Å². The lowest BCUT2D eigenvalue weighted by molar-refractivity contribution is 0.252. The first-order chi connectivity index (χ1) is 12.4. The maximum atomic E-state index is 13.3. The van der Waals surface area contributed by atoms with Crippen LogP contribution in [0.2, 0.25) is 0 Å². The van der Waals surface area contributed by atoms with E-state index in [0.717, 1.165) is 10.7 Å². The summed E-state index contributed by atoms with van der Waals surface area (Å²) in [5.74, 6) is 0.879. The van der Waals surface area contributed by atoms with Gasteiger partial charge in [-0.3, -0.25) is 10.3 Å². The first kappa shape index (κ1) is 19.9. The SMILES string of the molecule is C=c1c(Oc2ccc(F)cc2C)cc(=C/C)/c(=N\CN[C@H](C)CO)n1C. The number of rotatable bonds is 6. The quantitative estimate of drug-likeness (QED) is 0.818. The monoisotopic (exact) mass is 359 g/mol. The van der Waals surface area contributed by atoms with Crippen molar-refractivity contribution < 1.29 is 14.2 Å². The van der Waals surface area contributed by atoms with Crippen molar-refractivity contribution in [2.45, 2.75) is 26.8 Å². The van der Waals surface area contributed by atoms with Crippen molar-refractivity contribution in [2.24, 2.45) is 12.0 Å². The van der Waals surface area contributed by atoms with Crippen LogP contribution < -0.4 is 26.1 Å². The molecule has 0 bridgehead atoms. The first-order valence-corrected chi connectivity index (χ1v) is 8.51. The molecule has 1 atom stereocenters. The van der Waals surface area contributed by atoms with Gasteiger partial charge in [0.2, 0.25) is 0 Å². The van der Waals surface area contributed by atoms with Crippen LogP contribution in [0.25, 0.3) is 12.7 Å². The zero-order valence-electron chi connectivity index (χ0n) is 15.7. The van der Waals surface area contributed by atoms with E-state index in [-0.39, 0.29) is 18.5 Å². The van der Waals surface area contributed by atoms with Gasteiger partial charge in [0, 0.05) is 18.3 Å². The Morgan fingerprint density at radius 3 is 2.73 bits per heavy atom. The number of pyridine rings is 1. The molecule has 0 spiro atoms. The summed E-state index contributed by atoms with van der Waals surface area (Å²) in [6.45, 7) is 10.1. The van der Waals surface area contributed by atoms with Gasteiger partial charge < -0.3 is 14.4 Å². The Morgan fingerprint density at radius 2 is 2.12 bits per heavy atom. The molecule has 0 fully saturated rings. The molecule has 5 nitrogen and oxygen atoms in total. The minimum Gasteiger partial charge on any atom is -0.455 e. The summed E-state index contributed by atoms with van der Waals surface area (Å²) >= 11 is 0. The normalized spacial score (nSPS) is 13.9. The number of aromatic nitrogens is 1. The van der Waals surface area contributed by atoms with Gasteiger partial charge in [-0.05, 0) is 50.6 Å². The number of aryl methyl sites for hydroxylation is 1. The second-order valence-corrected chi connectivity index (χ2v) is 6.20. The van der Waals surface area contributed by atoms with Crippen LogP contribution in [-0.2, 0) is 7.05 Å². The number of halogens is 1. The van der Waals surface area contributed by atoms with E-state index in [1.54, 1.807) is 13.0 Å². The number of nitrogens with zero attached hydrogens (tertiary/aromatic N) is 2. The summed E-state index contributed by atoms with van der Waals surface area (Å²) in [4.78, 5) is 4.57. The summed E-state index contributed by atoms with van der Waals surface area (Å²) in [5, 5.41) is 13.8. The van der Waals surface area contributed by atoms with Gasteiger partial charge in [-0.2, -0.15) is 0 Å². The number of benzene rings is 1. The summed E-state index contributed by atoms with van der Waals surface area (Å²) in [6.07, 6.45) is 1.94. The van der Waals surface area contributed by atoms with Crippen molar-refractivity contribution in [3.05, 3.63) is 51.7 Å². The van der Waals surface area contributed by atoms with E-state index in [1.165, 1.54) is 12.1 Å². The van der Waals surface area contributed by atoms with E-state index >= 15 is 0 Å². The zero-order chi connectivity index (χ0) is 19.3. The van der Waals surface area contributed by atoms with E-state index in [2.05, 4.69) is 16.9 Å². The molecule has 2 N–H and O–H groups in total. The van der Waals surface area contributed by atoms with Gasteiger partial charge in [0.05, 0.1) is 18.6 Å². The standard InChI is InChI=1S/C20H26FN3O2/c1-6-16-10-19(26-18-8-7-17(21)9-13(18)2)15(4)24(5)20(16)23-12-22-14(3)11-25/h6-10,14,22,25H,4,11-12H2,1-3,5H3/b16-6-,23-20+/t14-/m1/s1. The van der Waals surface area contributed by atoms with Crippen LogP contribution in [0.15, 0.2) is 29.3 Å². The van der Waals surface area contributed by atoms with Crippen molar-refractivity contribution >= 4 is 12.7 Å². The minimum absolute atomic E-state index is 0.0265. The highest BCUT2D eigenvalue weighted by Crippen LogP contribution is 2.22. The molecule has 0 aliphatic rings. The maximum absolute atomic E-state index is 13.3. The summed E-state index contributed by atoms with van der Waals surface area (Å²) < 4.78 is 21.1. The van der Waals surface area contributed by atoms with Crippen molar-refractivity contribution in [1.82, 2.24) is 9.88 Å². The molecule has 1 aromatic heterocycles. The lowest BCUT2D eigenvalue weighted by Crippen LogP contribution is -2.43. The van der Waals surface area contributed by atoms with E-state index in [9.17, 15) is 4.39 Å². The van der Waals surface area contributed by atoms with E-state index in [1.807, 2.05) is 37.6 Å². The largest absolute Gasteiger partial charge is 0.455 e. The van der Waals surface area contributed by atoms with Crippen LogP contribution in [0.1, 0.15) is 19.4 Å². The van der Waals surface area contributed by atoms with Crippen LogP contribution >= 0.6 is 0 Å². The van der Waals surface area contributed by atoms with Gasteiger partial charge in [0.1, 0.15) is 17.1 Å². The predicted octanol–water partition coefficient (Wildman–Crippen LogP) is 1.30. The Morgan fingerprint density at radius 1 is 1.38 bits per heavy atom. The van der Waals surface area contributed by atoms with Gasteiger partial charge in [0.25, 0.3) is 0 Å². The van der Waals surface area contributed by atoms with E-state index < -0.39 is 0 Å². The average molecular weight is 359 g/mol. The summed E-state index contributed by atoms with van der Waals surface area (Å²) in [5.41, 5.74) is 1.48. The van der Waals surface area contributed by atoms with Crippen molar-refractivity contribution in [1.29, 1.82) is 0 Å². The first-order valence-electron chi connectivity index (χ1n) is 8.51. The van der Waals surface area contributed by atoms with Crippen LogP contribution in [0.4, 0.5) is 4.39 Å². The highest BCUT2D eigenvalue weighted by Gasteiger charge is 2.07. The summed E-state index contributed by atoms with van der Waals surface area (Å²) in [6, 6.07) is 6.26. The molecule has 140 valence electrons. The molecule has 0 saturated heterocycles. The molecule has 0 saturated carbocycles. The Labute approximate surface area is 152 Å². The Balaban J connectivity index is 2.44. The number of aliphatic hydroxyl groups excluding tert-OH is 1. The molecule has 6 heteroatoms. The van der Waals surface area contributed by atoms with Crippen LogP contribution in [-0.4, -0.2) is 29.0 Å². The molecule has 0 unspecified atom stereocenters. The smallest absolute Gasteiger partial charge is 0.151 e. The molecule has 0 radical (unpaired) electrons. The van der Waals surface area contributed by atoms with E-state index in [0.29, 0.717) is 29.1 Å². The highest BCUT2D eigenvalue weighted by molar-refractivity contribution is 5.38. The van der Waals surface area contributed by atoms with Crippen LogP contribution in [0, 0.1) is 12.7 Å². The lowest BCUT2D eigenvalue weighted by Gasteiger charge is -2.13. The van der Waals surface area contributed by atoms with Crippen LogP contribution in [0.5, 0.6) is 11.5 Å². The number of aliphatic hydroxyl groups is 1. The molecular weight excluding hydrogens is 333 g/mol. The molecule has 0 aliphatic carbocycles. The predicted molar refractivity (Wildman–Crippen MR) is 102 cm³/mol. The van der Waals surface area contributed by atoms with Crippen molar-refractivity contribution in [3.63, 3.8) is 0 Å². The lowest BCUT2D eigenvalue weighted by atomic mass is 10.2. The molecule has 2 aromatic rings. The molecule has 0 amide bonds. The summed E-state index contributed by atoms with van der Waals surface area (Å²) in [7, 11) is 1.87. The van der Waals surface area contributed by atoms with E-state index in [4.69, 9.17) is 9.84 Å². The van der Waals surface area contributed by atoms with Gasteiger partial charge in [-0.1, -0.05) is 12.7 Å². The molecule has 1 aromatic carbocycles. The number of hydrogen-bond acceptors (Lipinski definition) is 4. The fourth-order valence-corrected chi connectivity index (χ4v) is 2.46. The fourth-order valence-electron chi connectivity index (χ4n) is 2.46. The highest BCUT2D eigenvalue weighted by atomic mass is 19.1. The molecule has 0 aliphatic heterocycles. The van der Waals surface area contributed by atoms with Gasteiger partial charge in [0.15, 0.2) is 5.75 Å². The topological polar surface area (TPSA) is 58.8 Å². The Kier molecular flexibility index (Phi) is 6.71. The third-order valence-electron chi connectivity index (χ3n) is 4.16. The number of nitrogens with one attached hydrogen (secondary N) is 1. The molecular formula is C20H26FN3O2.